The fraction of sp³-hybridized carbons (Fsp3) is 0.564. The number of carbonyl (C=O) groups excluding carboxylic acids is 5. The van der Waals surface area contributed by atoms with Crippen molar-refractivity contribution in [2.75, 3.05) is 91.6 Å². The molecule has 24 nitrogen and oxygen atoms in total. The highest BCUT2D eigenvalue weighted by Gasteiger charge is 2.41. The number of nitrogens with one attached hydrogen (secondary N) is 5. The molecule has 0 spiro atoms. The molecule has 5 atom stereocenters. The van der Waals surface area contributed by atoms with E-state index in [1.54, 1.807) is 9.80 Å². The number of Topliss-reactive ketones (excluding diaryl/α,β-unsaturated/α-hetero) is 1. The van der Waals surface area contributed by atoms with E-state index in [0.29, 0.717) is 91.0 Å². The lowest BCUT2D eigenvalue weighted by atomic mass is 9.81. The van der Waals surface area contributed by atoms with Gasteiger partial charge in [0.1, 0.15) is 23.9 Å². The summed E-state index contributed by atoms with van der Waals surface area (Å²) < 4.78 is 0. The Bertz CT molecular complexity index is 2600. The summed E-state index contributed by atoms with van der Waals surface area (Å²) in [5, 5.41) is 64.8. The number of benzene rings is 3. The van der Waals surface area contributed by atoms with Crippen molar-refractivity contribution in [2.45, 2.75) is 82.8 Å². The van der Waals surface area contributed by atoms with E-state index in [1.807, 2.05) is 58.3 Å². The molecule has 0 aromatic heterocycles. The van der Waals surface area contributed by atoms with E-state index in [0.717, 1.165) is 27.1 Å². The van der Waals surface area contributed by atoms with Crippen molar-refractivity contribution in [3.8, 4) is 0 Å². The van der Waals surface area contributed by atoms with E-state index < -0.39 is 78.7 Å². The van der Waals surface area contributed by atoms with Gasteiger partial charge in [0.25, 0.3) is 0 Å². The normalized spacial score (nSPS) is 21.0. The van der Waals surface area contributed by atoms with Crippen LogP contribution in [0.25, 0.3) is 21.5 Å². The van der Waals surface area contributed by atoms with Crippen LogP contribution in [0.15, 0.2) is 54.6 Å². The van der Waals surface area contributed by atoms with E-state index in [1.165, 1.54) is 6.92 Å². The van der Waals surface area contributed by atoms with Crippen LogP contribution < -0.4 is 26.6 Å². The van der Waals surface area contributed by atoms with Gasteiger partial charge in [-0.3, -0.25) is 53.2 Å². The second-order valence-electron chi connectivity index (χ2n) is 21.2. The lowest BCUT2D eigenvalue weighted by Gasteiger charge is -2.33. The van der Waals surface area contributed by atoms with Crippen LogP contribution in [-0.4, -0.2) is 214 Å². The van der Waals surface area contributed by atoms with E-state index in [4.69, 9.17) is 5.11 Å². The molecule has 0 radical (unpaired) electrons. The van der Waals surface area contributed by atoms with Gasteiger partial charge in [-0.1, -0.05) is 48.5 Å². The molecule has 3 aliphatic rings. The third-order valence-corrected chi connectivity index (χ3v) is 15.2. The number of hydrogen-bond acceptors (Lipinski definition) is 14. The molecule has 3 fully saturated rings. The molecule has 24 heteroatoms. The number of carboxylic acids is 5. The summed E-state index contributed by atoms with van der Waals surface area (Å²) in [6.07, 6.45) is 2.01. The fourth-order valence-electron chi connectivity index (χ4n) is 10.7. The average Bonchev–Trinajstić information content (AvgIpc) is 4.20. The summed E-state index contributed by atoms with van der Waals surface area (Å²) in [7, 11) is 0. The molecular weight excluding hydrogens is 1030 g/mol. The van der Waals surface area contributed by atoms with Crippen molar-refractivity contribution in [2.24, 2.45) is 23.7 Å². The Morgan fingerprint density at radius 2 is 1.06 bits per heavy atom. The summed E-state index contributed by atoms with van der Waals surface area (Å²) in [5.74, 6) is -7.84. The van der Waals surface area contributed by atoms with Crippen molar-refractivity contribution >= 4 is 80.9 Å². The predicted molar refractivity (Wildman–Crippen MR) is 288 cm³/mol. The molecule has 10 N–H and O–H groups in total. The SMILES string of the molecule is CC(=O)CN1CCN(CC(=O)O)CCN(CC(=O)NC[C@H]2CC[C@H](C(=O)N[C@@H](Cc3c4ccccc4cc4ccccc34)C(=O)NC[C@H]3C[C@@H]3C[C@H](NC(=O)N[C@@H](CCC(=O)O)C(=O)O)C(=O)O)CC2)CCN(CC(=O)O)CC1. The molecule has 2 aliphatic carbocycles. The van der Waals surface area contributed by atoms with Gasteiger partial charge in [0, 0.05) is 84.2 Å². The van der Waals surface area contributed by atoms with Crippen LogP contribution in [0.1, 0.15) is 63.9 Å². The molecule has 0 bridgehead atoms. The second-order valence-corrected chi connectivity index (χ2v) is 21.2. The Balaban J connectivity index is 1.05. The summed E-state index contributed by atoms with van der Waals surface area (Å²) >= 11 is 0. The fourth-order valence-corrected chi connectivity index (χ4v) is 10.7. The van der Waals surface area contributed by atoms with Crippen LogP contribution in [0, 0.1) is 23.7 Å². The standard InChI is InChI=1S/C55H75N9O15/c1-34(65)30-61-16-20-63(32-49(69)70)22-18-62(19-23-64(21-17-61)33-50(71)72)31-47(66)56-28-35-10-12-36(13-11-35)51(73)58-45(27-43-41-8-4-2-6-37(41)24-38-7-3-5-9-42(38)43)52(74)57-29-40-25-39(40)26-46(54(77)78)60-55(79)59-44(53(75)76)14-15-48(67)68/h2-9,24,35-36,39-40,44-46H,10-23,25-33H2,1H3,(H,56,66)(H,57,74)(H,58,73)(H,67,68)(H,69,70)(H,71,72)(H,75,76)(H,77,78)(H2,59,60,79)/t35-,36-,39-,40-,44+,45+,46+/m1/s1. The zero-order chi connectivity index (χ0) is 57.2. The van der Waals surface area contributed by atoms with Gasteiger partial charge < -0.3 is 52.1 Å². The van der Waals surface area contributed by atoms with Gasteiger partial charge in [-0.15, -0.1) is 0 Å². The van der Waals surface area contributed by atoms with Gasteiger partial charge in [-0.25, -0.2) is 14.4 Å². The molecule has 1 heterocycles. The largest absolute Gasteiger partial charge is 0.481 e. The summed E-state index contributed by atoms with van der Waals surface area (Å²) in [6.45, 7) is 4.60. The zero-order valence-corrected chi connectivity index (χ0v) is 44.6. The molecule has 2 saturated carbocycles. The molecule has 430 valence electrons. The topological polar surface area (TPSA) is 345 Å². The van der Waals surface area contributed by atoms with Crippen LogP contribution in [0.2, 0.25) is 0 Å². The van der Waals surface area contributed by atoms with Crippen molar-refractivity contribution in [1.82, 2.24) is 46.2 Å². The predicted octanol–water partition coefficient (Wildman–Crippen LogP) is 1.14. The molecule has 3 aromatic carbocycles. The van der Waals surface area contributed by atoms with Gasteiger partial charge >= 0.3 is 35.9 Å². The second kappa shape index (κ2) is 29.6. The Morgan fingerprint density at radius 1 is 0.557 bits per heavy atom. The Morgan fingerprint density at radius 3 is 1.57 bits per heavy atom. The first-order valence-electron chi connectivity index (χ1n) is 27.0. The van der Waals surface area contributed by atoms with E-state index >= 15 is 0 Å². The monoisotopic (exact) mass is 1100 g/mol. The maximum absolute atomic E-state index is 14.3. The number of fused-ring (bicyclic) bond motifs is 2. The average molecular weight is 1100 g/mol. The van der Waals surface area contributed by atoms with Gasteiger partial charge in [-0.2, -0.15) is 0 Å². The first kappa shape index (κ1) is 60.9. The first-order chi connectivity index (χ1) is 37.7. The quantitative estimate of drug-likeness (QED) is 0.0504. The number of urea groups is 1. The third kappa shape index (κ3) is 19.8. The molecular formula is C55H75N9O15. The molecule has 1 saturated heterocycles. The molecule has 6 rings (SSSR count). The minimum atomic E-state index is -1.55. The van der Waals surface area contributed by atoms with E-state index in [9.17, 15) is 68.4 Å². The maximum atomic E-state index is 14.3. The van der Waals surface area contributed by atoms with Crippen LogP contribution in [0.5, 0.6) is 0 Å². The van der Waals surface area contributed by atoms with Crippen LogP contribution >= 0.6 is 0 Å². The summed E-state index contributed by atoms with van der Waals surface area (Å²) in [5.41, 5.74) is 0.875. The van der Waals surface area contributed by atoms with Crippen LogP contribution in [-0.2, 0) is 49.6 Å². The summed E-state index contributed by atoms with van der Waals surface area (Å²) in [4.78, 5) is 132. The van der Waals surface area contributed by atoms with Crippen molar-refractivity contribution < 1.29 is 73.5 Å². The minimum Gasteiger partial charge on any atom is -0.481 e. The molecule has 3 aromatic rings. The number of ketones is 1. The van der Waals surface area contributed by atoms with Crippen LogP contribution in [0.4, 0.5) is 4.79 Å². The highest BCUT2D eigenvalue weighted by Crippen LogP contribution is 2.41. The number of carbonyl (C=O) groups is 10. The van der Waals surface area contributed by atoms with Gasteiger partial charge in [0.15, 0.2) is 0 Å². The number of carboxylic acid groups (broad SMARTS) is 5. The van der Waals surface area contributed by atoms with Gasteiger partial charge in [0.05, 0.1) is 26.2 Å². The van der Waals surface area contributed by atoms with E-state index in [2.05, 4.69) is 32.7 Å². The zero-order valence-electron chi connectivity index (χ0n) is 44.6. The van der Waals surface area contributed by atoms with Crippen LogP contribution in [0.3, 0.4) is 0 Å². The van der Waals surface area contributed by atoms with Crippen molar-refractivity contribution in [3.63, 3.8) is 0 Å². The van der Waals surface area contributed by atoms with Gasteiger partial charge in [0.2, 0.25) is 17.7 Å². The minimum absolute atomic E-state index is 0.00100. The van der Waals surface area contributed by atoms with E-state index in [-0.39, 0.29) is 80.9 Å². The number of aliphatic carboxylic acids is 5. The smallest absolute Gasteiger partial charge is 0.326 e. The van der Waals surface area contributed by atoms with Crippen molar-refractivity contribution in [3.05, 3.63) is 60.2 Å². The Kier molecular flexibility index (Phi) is 22.9. The molecule has 1 aliphatic heterocycles. The highest BCUT2D eigenvalue weighted by atomic mass is 16.4. The third-order valence-electron chi connectivity index (χ3n) is 15.2. The molecule has 79 heavy (non-hydrogen) atoms. The van der Waals surface area contributed by atoms with Crippen molar-refractivity contribution in [1.29, 1.82) is 0 Å². The highest BCUT2D eigenvalue weighted by molar-refractivity contribution is 6.03. The number of nitrogens with zero attached hydrogens (tertiary/aromatic N) is 4. The number of rotatable bonds is 26. The lowest BCUT2D eigenvalue weighted by Crippen LogP contribution is -2.51. The Hall–Kier alpha value is -7.28. The summed E-state index contributed by atoms with van der Waals surface area (Å²) in [6, 6.07) is 12.7. The first-order valence-corrected chi connectivity index (χ1v) is 27.0. The molecule has 5 amide bonds. The Labute approximate surface area is 457 Å². The number of amides is 5. The molecule has 0 unspecified atom stereocenters. The van der Waals surface area contributed by atoms with Gasteiger partial charge in [-0.05, 0) is 103 Å². The number of hydrogen-bond donors (Lipinski definition) is 10. The maximum Gasteiger partial charge on any atom is 0.326 e. The lowest BCUT2D eigenvalue weighted by molar-refractivity contribution is -0.141.